The van der Waals surface area contributed by atoms with E-state index < -0.39 is 0 Å². The number of rotatable bonds is 7. The van der Waals surface area contributed by atoms with E-state index in [0.29, 0.717) is 0 Å². The van der Waals surface area contributed by atoms with Crippen molar-refractivity contribution in [3.8, 4) is 0 Å². The molecule has 1 aromatic rings. The number of anilines is 1. The van der Waals surface area contributed by atoms with Gasteiger partial charge in [-0.15, -0.1) is 0 Å². The summed E-state index contributed by atoms with van der Waals surface area (Å²) in [5.74, 6) is 5.77. The van der Waals surface area contributed by atoms with E-state index in [0.717, 1.165) is 30.8 Å². The van der Waals surface area contributed by atoms with Gasteiger partial charge in [0, 0.05) is 29.7 Å². The Morgan fingerprint density at radius 2 is 2.00 bits per heavy atom. The average molecular weight is 265 g/mol. The van der Waals surface area contributed by atoms with Crippen molar-refractivity contribution in [2.45, 2.75) is 45.7 Å². The second kappa shape index (κ2) is 6.84. The fraction of sp³-hybridized carbons (Fsp3) is 0.643. The van der Waals surface area contributed by atoms with Crippen LogP contribution in [0.5, 0.6) is 0 Å². The van der Waals surface area contributed by atoms with Crippen LogP contribution in [0, 0.1) is 0 Å². The zero-order valence-corrected chi connectivity index (χ0v) is 12.5. The first-order valence-electron chi connectivity index (χ1n) is 6.86. The molecule has 19 heavy (non-hydrogen) atoms. The second-order valence-corrected chi connectivity index (χ2v) is 5.32. The van der Waals surface area contributed by atoms with Gasteiger partial charge in [0.05, 0.1) is 0 Å². The number of pyridine rings is 1. The van der Waals surface area contributed by atoms with Crippen LogP contribution in [0.2, 0.25) is 0 Å². The van der Waals surface area contributed by atoms with E-state index in [1.165, 1.54) is 0 Å². The first-order chi connectivity index (χ1) is 8.97. The third-order valence-electron chi connectivity index (χ3n) is 4.00. The maximum Gasteiger partial charge on any atom is 0.0431 e. The first kappa shape index (κ1) is 15.9. The summed E-state index contributed by atoms with van der Waals surface area (Å²) in [6.07, 6.45) is 4.29. The summed E-state index contributed by atoms with van der Waals surface area (Å²) in [7, 11) is 0. The maximum atomic E-state index is 5.99. The number of nitrogens with one attached hydrogen (secondary N) is 1. The minimum Gasteiger partial charge on any atom is -0.398 e. The van der Waals surface area contributed by atoms with Gasteiger partial charge in [0.1, 0.15) is 0 Å². The number of hydrazine groups is 1. The van der Waals surface area contributed by atoms with Crippen LogP contribution < -0.4 is 17.0 Å². The van der Waals surface area contributed by atoms with E-state index in [1.54, 1.807) is 6.20 Å². The Hall–Kier alpha value is -1.17. The van der Waals surface area contributed by atoms with Gasteiger partial charge in [-0.1, -0.05) is 13.8 Å². The van der Waals surface area contributed by atoms with Crippen molar-refractivity contribution in [1.29, 1.82) is 0 Å². The molecule has 1 heterocycles. The predicted octanol–water partition coefficient (Wildman–Crippen LogP) is 1.16. The molecule has 0 saturated carbocycles. The van der Waals surface area contributed by atoms with Crippen molar-refractivity contribution in [3.05, 3.63) is 24.0 Å². The van der Waals surface area contributed by atoms with Crippen molar-refractivity contribution in [2.75, 3.05) is 18.8 Å². The van der Waals surface area contributed by atoms with E-state index in [4.69, 9.17) is 11.6 Å². The lowest BCUT2D eigenvalue weighted by Gasteiger charge is -2.43. The Morgan fingerprint density at radius 3 is 2.47 bits per heavy atom. The van der Waals surface area contributed by atoms with E-state index >= 15 is 0 Å². The fourth-order valence-electron chi connectivity index (χ4n) is 2.60. The molecule has 0 aliphatic rings. The molecule has 0 bridgehead atoms. The Kier molecular flexibility index (Phi) is 5.72. The highest BCUT2D eigenvalue weighted by atomic mass is 15.3. The molecule has 0 fully saturated rings. The van der Waals surface area contributed by atoms with Crippen LogP contribution in [-0.2, 0) is 6.42 Å². The van der Waals surface area contributed by atoms with Crippen molar-refractivity contribution >= 4 is 5.69 Å². The lowest BCUT2D eigenvalue weighted by Crippen LogP contribution is -2.60. The lowest BCUT2D eigenvalue weighted by molar-refractivity contribution is 0.0912. The minimum absolute atomic E-state index is 0.0550. The van der Waals surface area contributed by atoms with Crippen LogP contribution in [0.15, 0.2) is 18.5 Å². The molecule has 0 aliphatic carbocycles. The third-order valence-corrected chi connectivity index (χ3v) is 4.00. The monoisotopic (exact) mass is 265 g/mol. The Labute approximate surface area is 116 Å². The smallest absolute Gasteiger partial charge is 0.0431 e. The topological polar surface area (TPSA) is 80.2 Å². The molecule has 1 rings (SSSR count). The third kappa shape index (κ3) is 3.65. The number of nitrogen functional groups attached to an aromatic ring is 1. The summed E-state index contributed by atoms with van der Waals surface area (Å²) >= 11 is 0. The molecule has 1 unspecified atom stereocenters. The van der Waals surface area contributed by atoms with Crippen molar-refractivity contribution < 1.29 is 0 Å². The molecule has 1 atom stereocenters. The van der Waals surface area contributed by atoms with Gasteiger partial charge in [-0.25, -0.2) is 0 Å². The Bertz CT molecular complexity index is 387. The van der Waals surface area contributed by atoms with Crippen molar-refractivity contribution in [1.82, 2.24) is 15.3 Å². The average Bonchev–Trinajstić information content (AvgIpc) is 2.38. The van der Waals surface area contributed by atoms with Crippen molar-refractivity contribution in [2.24, 2.45) is 5.84 Å². The molecule has 0 amide bonds. The number of likely N-dealkylation sites (N-methyl/N-ethyl adjacent to an activating group) is 1. The highest BCUT2D eigenvalue weighted by Gasteiger charge is 2.33. The first-order valence-corrected chi connectivity index (χ1v) is 6.86. The number of nitrogens with two attached hydrogens (primary N) is 2. The molecule has 0 saturated heterocycles. The van der Waals surface area contributed by atoms with Gasteiger partial charge in [0.15, 0.2) is 0 Å². The molecule has 0 aliphatic heterocycles. The summed E-state index contributed by atoms with van der Waals surface area (Å²) in [5.41, 5.74) is 10.7. The summed E-state index contributed by atoms with van der Waals surface area (Å²) in [6, 6.07) is 1.94. The van der Waals surface area contributed by atoms with Gasteiger partial charge in [-0.2, -0.15) is 0 Å². The number of nitrogens with zero attached hydrogens (tertiary/aromatic N) is 2. The molecule has 1 aromatic heterocycles. The quantitative estimate of drug-likeness (QED) is 0.509. The molecule has 5 heteroatoms. The van der Waals surface area contributed by atoms with Crippen LogP contribution in [0.25, 0.3) is 0 Å². The summed E-state index contributed by atoms with van der Waals surface area (Å²) in [6.45, 7) is 10.7. The van der Waals surface area contributed by atoms with Gasteiger partial charge >= 0.3 is 0 Å². The van der Waals surface area contributed by atoms with Gasteiger partial charge in [0.25, 0.3) is 0 Å². The Balaban J connectivity index is 2.92. The maximum absolute atomic E-state index is 5.99. The molecule has 0 spiro atoms. The van der Waals surface area contributed by atoms with E-state index in [-0.39, 0.29) is 11.6 Å². The molecular formula is C14H27N5. The van der Waals surface area contributed by atoms with Gasteiger partial charge < -0.3 is 5.73 Å². The molecule has 108 valence electrons. The summed E-state index contributed by atoms with van der Waals surface area (Å²) < 4.78 is 0. The molecular weight excluding hydrogens is 238 g/mol. The summed E-state index contributed by atoms with van der Waals surface area (Å²) in [5, 5.41) is 0. The van der Waals surface area contributed by atoms with Gasteiger partial charge in [-0.05, 0) is 45.0 Å². The van der Waals surface area contributed by atoms with Crippen LogP contribution in [0.3, 0.4) is 0 Å². The SMILES string of the molecule is CCN(CC)C(C)(C)C(Cc1cnccc1N)NN. The van der Waals surface area contributed by atoms with Gasteiger partial charge in [-0.3, -0.25) is 21.2 Å². The standard InChI is InChI=1S/C14H27N5/c1-5-19(6-2)14(3,4)13(18-16)9-11-10-17-8-7-12(11)15/h7-8,10,13,18H,5-6,9,16H2,1-4H3,(H2,15,17). The highest BCUT2D eigenvalue weighted by Crippen LogP contribution is 2.23. The van der Waals surface area contributed by atoms with E-state index in [2.05, 4.69) is 43.0 Å². The molecule has 5 nitrogen and oxygen atoms in total. The fourth-order valence-corrected chi connectivity index (χ4v) is 2.60. The van der Waals surface area contributed by atoms with Crippen molar-refractivity contribution in [3.63, 3.8) is 0 Å². The summed E-state index contributed by atoms with van der Waals surface area (Å²) in [4.78, 5) is 6.53. The molecule has 0 aromatic carbocycles. The number of aromatic nitrogens is 1. The largest absolute Gasteiger partial charge is 0.398 e. The number of hydrogen-bond donors (Lipinski definition) is 3. The zero-order valence-electron chi connectivity index (χ0n) is 12.5. The minimum atomic E-state index is -0.0550. The number of hydrogen-bond acceptors (Lipinski definition) is 5. The van der Waals surface area contributed by atoms with Crippen LogP contribution in [0.4, 0.5) is 5.69 Å². The molecule has 0 radical (unpaired) electrons. The van der Waals surface area contributed by atoms with E-state index in [1.807, 2.05) is 12.3 Å². The zero-order chi connectivity index (χ0) is 14.5. The van der Waals surface area contributed by atoms with Crippen LogP contribution >= 0.6 is 0 Å². The van der Waals surface area contributed by atoms with Crippen LogP contribution in [-0.4, -0.2) is 34.6 Å². The van der Waals surface area contributed by atoms with E-state index in [9.17, 15) is 0 Å². The van der Waals surface area contributed by atoms with Crippen LogP contribution in [0.1, 0.15) is 33.3 Å². The second-order valence-electron chi connectivity index (χ2n) is 5.32. The highest BCUT2D eigenvalue weighted by molar-refractivity contribution is 5.44. The normalized spacial score (nSPS) is 13.8. The Morgan fingerprint density at radius 1 is 1.37 bits per heavy atom. The van der Waals surface area contributed by atoms with Gasteiger partial charge in [0.2, 0.25) is 0 Å². The predicted molar refractivity (Wildman–Crippen MR) is 80.5 cm³/mol. The molecule has 5 N–H and O–H groups in total. The lowest BCUT2D eigenvalue weighted by atomic mass is 9.88.